The van der Waals surface area contributed by atoms with Crippen LogP contribution in [0.5, 0.6) is 5.75 Å². The van der Waals surface area contributed by atoms with Crippen molar-refractivity contribution in [2.45, 2.75) is 12.5 Å². The van der Waals surface area contributed by atoms with Crippen LogP contribution in [0.15, 0.2) is 48.8 Å². The number of hydrogen-bond acceptors (Lipinski definition) is 4. The van der Waals surface area contributed by atoms with Crippen LogP contribution in [0, 0.1) is 0 Å². The summed E-state index contributed by atoms with van der Waals surface area (Å²) in [6.07, 6.45) is 3.28. The second-order valence-electron chi connectivity index (χ2n) is 4.68. The SMILES string of the molecule is COc1ccccc1C[C@H](NC(=O)c1ccncc1)C(N)=O. The van der Waals surface area contributed by atoms with E-state index in [-0.39, 0.29) is 12.3 Å². The topological polar surface area (TPSA) is 94.3 Å². The highest BCUT2D eigenvalue weighted by atomic mass is 16.5. The molecule has 1 aromatic heterocycles. The number of carbonyl (C=O) groups is 2. The van der Waals surface area contributed by atoms with Crippen LogP contribution in [0.1, 0.15) is 15.9 Å². The lowest BCUT2D eigenvalue weighted by atomic mass is 10.0. The van der Waals surface area contributed by atoms with Gasteiger partial charge in [0.15, 0.2) is 0 Å². The second-order valence-corrected chi connectivity index (χ2v) is 4.68. The number of hydrogen-bond donors (Lipinski definition) is 2. The predicted molar refractivity (Wildman–Crippen MR) is 81.4 cm³/mol. The number of aromatic nitrogens is 1. The van der Waals surface area contributed by atoms with E-state index >= 15 is 0 Å². The average Bonchev–Trinajstić information content (AvgIpc) is 2.55. The Hall–Kier alpha value is -2.89. The summed E-state index contributed by atoms with van der Waals surface area (Å²) in [4.78, 5) is 27.6. The number of rotatable bonds is 6. The van der Waals surface area contributed by atoms with Gasteiger partial charge in [0, 0.05) is 24.4 Å². The lowest BCUT2D eigenvalue weighted by Gasteiger charge is -2.17. The Labute approximate surface area is 128 Å². The van der Waals surface area contributed by atoms with Crippen molar-refractivity contribution < 1.29 is 14.3 Å². The molecule has 2 amide bonds. The molecular formula is C16H17N3O3. The number of amides is 2. The van der Waals surface area contributed by atoms with E-state index in [1.165, 1.54) is 12.4 Å². The molecule has 0 radical (unpaired) electrons. The summed E-state index contributed by atoms with van der Waals surface area (Å²) >= 11 is 0. The summed E-state index contributed by atoms with van der Waals surface area (Å²) < 4.78 is 5.24. The van der Waals surface area contributed by atoms with Crippen LogP contribution in [0.4, 0.5) is 0 Å². The first-order valence-electron chi connectivity index (χ1n) is 6.74. The predicted octanol–water partition coefficient (Wildman–Crippen LogP) is 0.917. The third-order valence-electron chi connectivity index (χ3n) is 3.21. The average molecular weight is 299 g/mol. The highest BCUT2D eigenvalue weighted by molar-refractivity contribution is 5.97. The molecule has 0 saturated carbocycles. The molecule has 0 aliphatic carbocycles. The van der Waals surface area contributed by atoms with E-state index in [0.717, 1.165) is 5.56 Å². The van der Waals surface area contributed by atoms with Crippen LogP contribution in [-0.4, -0.2) is 29.9 Å². The minimum absolute atomic E-state index is 0.260. The molecule has 1 aromatic carbocycles. The fraction of sp³-hybridized carbons (Fsp3) is 0.188. The van der Waals surface area contributed by atoms with Crippen molar-refractivity contribution in [3.8, 4) is 5.75 Å². The quantitative estimate of drug-likeness (QED) is 0.829. The molecule has 0 fully saturated rings. The zero-order valence-electron chi connectivity index (χ0n) is 12.2. The van der Waals surface area contributed by atoms with Crippen molar-refractivity contribution in [1.82, 2.24) is 10.3 Å². The van der Waals surface area contributed by atoms with Gasteiger partial charge in [-0.05, 0) is 23.8 Å². The molecule has 0 aliphatic heterocycles. The summed E-state index contributed by atoms with van der Waals surface area (Å²) in [5.74, 6) is -0.332. The Bertz CT molecular complexity index is 659. The molecule has 1 heterocycles. The van der Waals surface area contributed by atoms with Gasteiger partial charge in [-0.15, -0.1) is 0 Å². The number of pyridine rings is 1. The van der Waals surface area contributed by atoms with Crippen molar-refractivity contribution in [2.75, 3.05) is 7.11 Å². The first-order chi connectivity index (χ1) is 10.6. The molecule has 0 saturated heterocycles. The van der Waals surface area contributed by atoms with Gasteiger partial charge in [0.25, 0.3) is 5.91 Å². The standard InChI is InChI=1S/C16H17N3O3/c1-22-14-5-3-2-4-12(14)10-13(15(17)20)19-16(21)11-6-8-18-9-7-11/h2-9,13H,10H2,1H3,(H2,17,20)(H,19,21)/t13-/m0/s1. The van der Waals surface area contributed by atoms with Gasteiger partial charge in [-0.1, -0.05) is 18.2 Å². The van der Waals surface area contributed by atoms with E-state index in [9.17, 15) is 9.59 Å². The molecule has 3 N–H and O–H groups in total. The van der Waals surface area contributed by atoms with Gasteiger partial charge < -0.3 is 15.8 Å². The number of nitrogens with two attached hydrogens (primary N) is 1. The number of ether oxygens (including phenoxy) is 1. The second kappa shape index (κ2) is 7.21. The molecular weight excluding hydrogens is 282 g/mol. The van der Waals surface area contributed by atoms with Gasteiger partial charge in [-0.2, -0.15) is 0 Å². The van der Waals surface area contributed by atoms with Crippen LogP contribution in [0.25, 0.3) is 0 Å². The van der Waals surface area contributed by atoms with Crippen molar-refractivity contribution in [2.24, 2.45) is 5.73 Å². The maximum Gasteiger partial charge on any atom is 0.252 e. The third kappa shape index (κ3) is 3.82. The molecule has 6 nitrogen and oxygen atoms in total. The molecule has 0 unspecified atom stereocenters. The Morgan fingerprint density at radius 3 is 2.55 bits per heavy atom. The van der Waals surface area contributed by atoms with Gasteiger partial charge in [0.2, 0.25) is 5.91 Å². The summed E-state index contributed by atoms with van der Waals surface area (Å²) in [5, 5.41) is 2.64. The minimum Gasteiger partial charge on any atom is -0.496 e. The summed E-state index contributed by atoms with van der Waals surface area (Å²) in [5.41, 5.74) is 6.61. The van der Waals surface area contributed by atoms with Crippen LogP contribution in [-0.2, 0) is 11.2 Å². The van der Waals surface area contributed by atoms with Crippen molar-refractivity contribution in [3.63, 3.8) is 0 Å². The Balaban J connectivity index is 2.14. The normalized spacial score (nSPS) is 11.5. The Morgan fingerprint density at radius 2 is 1.91 bits per heavy atom. The molecule has 0 spiro atoms. The fourth-order valence-corrected chi connectivity index (χ4v) is 2.06. The van der Waals surface area contributed by atoms with Gasteiger partial charge in [-0.25, -0.2) is 0 Å². The molecule has 1 atom stereocenters. The summed E-state index contributed by atoms with van der Waals surface area (Å²) in [7, 11) is 1.55. The van der Waals surface area contributed by atoms with E-state index in [1.807, 2.05) is 18.2 Å². The number of nitrogens with one attached hydrogen (secondary N) is 1. The number of methoxy groups -OCH3 is 1. The minimum atomic E-state index is -0.822. The Kier molecular flexibility index (Phi) is 5.08. The monoisotopic (exact) mass is 299 g/mol. The fourth-order valence-electron chi connectivity index (χ4n) is 2.06. The van der Waals surface area contributed by atoms with Crippen LogP contribution in [0.2, 0.25) is 0 Å². The van der Waals surface area contributed by atoms with Crippen molar-refractivity contribution in [3.05, 3.63) is 59.9 Å². The van der Waals surface area contributed by atoms with Crippen molar-refractivity contribution in [1.29, 1.82) is 0 Å². The summed E-state index contributed by atoms with van der Waals surface area (Å²) in [6.45, 7) is 0. The number of nitrogens with zero attached hydrogens (tertiary/aromatic N) is 1. The maximum absolute atomic E-state index is 12.1. The number of carbonyl (C=O) groups excluding carboxylic acids is 2. The van der Waals surface area contributed by atoms with Crippen LogP contribution in [0.3, 0.4) is 0 Å². The smallest absolute Gasteiger partial charge is 0.252 e. The molecule has 2 rings (SSSR count). The van der Waals surface area contributed by atoms with E-state index in [4.69, 9.17) is 10.5 Å². The van der Waals surface area contributed by atoms with Crippen LogP contribution >= 0.6 is 0 Å². The first-order valence-corrected chi connectivity index (χ1v) is 6.74. The van der Waals surface area contributed by atoms with Crippen molar-refractivity contribution >= 4 is 11.8 Å². The molecule has 114 valence electrons. The molecule has 22 heavy (non-hydrogen) atoms. The van der Waals surface area contributed by atoms with E-state index in [1.54, 1.807) is 25.3 Å². The van der Waals surface area contributed by atoms with Gasteiger partial charge in [0.05, 0.1) is 7.11 Å². The molecule has 0 aliphatic rings. The van der Waals surface area contributed by atoms with E-state index in [0.29, 0.717) is 11.3 Å². The highest BCUT2D eigenvalue weighted by Gasteiger charge is 2.20. The number of primary amides is 1. The van der Waals surface area contributed by atoms with Gasteiger partial charge in [-0.3, -0.25) is 14.6 Å². The summed E-state index contributed by atoms with van der Waals surface area (Å²) in [6, 6.07) is 9.59. The lowest BCUT2D eigenvalue weighted by Crippen LogP contribution is -2.45. The Morgan fingerprint density at radius 1 is 1.23 bits per heavy atom. The first kappa shape index (κ1) is 15.5. The highest BCUT2D eigenvalue weighted by Crippen LogP contribution is 2.19. The van der Waals surface area contributed by atoms with E-state index < -0.39 is 11.9 Å². The zero-order valence-corrected chi connectivity index (χ0v) is 12.2. The molecule has 0 bridgehead atoms. The largest absolute Gasteiger partial charge is 0.496 e. The zero-order chi connectivity index (χ0) is 15.9. The van der Waals surface area contributed by atoms with Gasteiger partial charge >= 0.3 is 0 Å². The molecule has 6 heteroatoms. The number of benzene rings is 1. The van der Waals surface area contributed by atoms with Crippen LogP contribution < -0.4 is 15.8 Å². The maximum atomic E-state index is 12.1. The molecule has 2 aromatic rings. The third-order valence-corrected chi connectivity index (χ3v) is 3.21. The number of para-hydroxylation sites is 1. The van der Waals surface area contributed by atoms with E-state index in [2.05, 4.69) is 10.3 Å². The van der Waals surface area contributed by atoms with Gasteiger partial charge in [0.1, 0.15) is 11.8 Å². The lowest BCUT2D eigenvalue weighted by molar-refractivity contribution is -0.119.